The monoisotopic (exact) mass is 178 g/mol. The van der Waals surface area contributed by atoms with Crippen LogP contribution in [0.2, 0.25) is 0 Å². The van der Waals surface area contributed by atoms with Crippen LogP contribution in [0.4, 0.5) is 0 Å². The number of allylic oxidation sites excluding steroid dienone is 6. The van der Waals surface area contributed by atoms with Crippen LogP contribution >= 0.6 is 0 Å². The first-order valence-corrected chi connectivity index (χ1v) is 4.80. The first-order chi connectivity index (χ1) is 6.31. The summed E-state index contributed by atoms with van der Waals surface area (Å²) in [4.78, 5) is 11.1. The minimum atomic E-state index is 0.215. The molecule has 0 atom stereocenters. The predicted molar refractivity (Wildman–Crippen MR) is 57.6 cm³/mol. The zero-order valence-corrected chi connectivity index (χ0v) is 8.49. The van der Waals surface area contributed by atoms with Gasteiger partial charge in [0.05, 0.1) is 0 Å². The molecular formula is C12H18O. The maximum atomic E-state index is 11.1. The molecule has 0 fully saturated rings. The fraction of sp³-hybridized carbons (Fsp3) is 0.417. The van der Waals surface area contributed by atoms with Crippen LogP contribution < -0.4 is 0 Å². The Bertz CT molecular complexity index is 209. The van der Waals surface area contributed by atoms with Crippen molar-refractivity contribution in [2.75, 3.05) is 0 Å². The Hall–Kier alpha value is -1.11. The van der Waals surface area contributed by atoms with Crippen molar-refractivity contribution in [3.8, 4) is 0 Å². The van der Waals surface area contributed by atoms with Gasteiger partial charge in [-0.2, -0.15) is 0 Å². The second kappa shape index (κ2) is 8.98. The second-order valence-electron chi connectivity index (χ2n) is 2.84. The van der Waals surface area contributed by atoms with E-state index < -0.39 is 0 Å². The van der Waals surface area contributed by atoms with Gasteiger partial charge in [0.2, 0.25) is 0 Å². The molecule has 0 aromatic heterocycles. The highest BCUT2D eigenvalue weighted by atomic mass is 16.1. The Kier molecular flexibility index (Phi) is 8.21. The average Bonchev–Trinajstić information content (AvgIpc) is 2.14. The van der Waals surface area contributed by atoms with Gasteiger partial charge in [-0.25, -0.2) is 0 Å². The molecule has 0 bridgehead atoms. The quantitative estimate of drug-likeness (QED) is 0.450. The van der Waals surface area contributed by atoms with Gasteiger partial charge in [-0.1, -0.05) is 43.7 Å². The average molecular weight is 178 g/mol. The summed E-state index contributed by atoms with van der Waals surface area (Å²) in [6.45, 7) is 4.05. The van der Waals surface area contributed by atoms with Crippen molar-refractivity contribution in [2.24, 2.45) is 0 Å². The SMILES string of the molecule is CC=CC=CC=CC(=O)CCCC. The molecule has 0 spiro atoms. The highest BCUT2D eigenvalue weighted by Gasteiger charge is 1.92. The maximum absolute atomic E-state index is 11.1. The van der Waals surface area contributed by atoms with E-state index in [1.807, 2.05) is 31.2 Å². The summed E-state index contributed by atoms with van der Waals surface area (Å²) in [5.41, 5.74) is 0. The van der Waals surface area contributed by atoms with Crippen molar-refractivity contribution in [1.29, 1.82) is 0 Å². The maximum Gasteiger partial charge on any atom is 0.155 e. The molecule has 72 valence electrons. The van der Waals surface area contributed by atoms with E-state index in [9.17, 15) is 4.79 Å². The standard InChI is InChI=1S/C12H18O/c1-3-5-7-8-9-11-12(13)10-6-4-2/h3,5,7-9,11H,4,6,10H2,1-2H3. The lowest BCUT2D eigenvalue weighted by Gasteiger charge is -1.89. The molecule has 13 heavy (non-hydrogen) atoms. The number of carbonyl (C=O) groups is 1. The van der Waals surface area contributed by atoms with E-state index in [1.54, 1.807) is 12.2 Å². The summed E-state index contributed by atoms with van der Waals surface area (Å²) in [5, 5.41) is 0. The van der Waals surface area contributed by atoms with Crippen molar-refractivity contribution >= 4 is 5.78 Å². The van der Waals surface area contributed by atoms with Crippen LogP contribution in [0.25, 0.3) is 0 Å². The summed E-state index contributed by atoms with van der Waals surface area (Å²) < 4.78 is 0. The Morgan fingerprint density at radius 1 is 1.15 bits per heavy atom. The fourth-order valence-corrected chi connectivity index (χ4v) is 0.837. The van der Waals surface area contributed by atoms with Crippen LogP contribution in [0.15, 0.2) is 36.5 Å². The number of hydrogen-bond acceptors (Lipinski definition) is 1. The van der Waals surface area contributed by atoms with Crippen molar-refractivity contribution in [3.63, 3.8) is 0 Å². The van der Waals surface area contributed by atoms with Crippen LogP contribution in [0, 0.1) is 0 Å². The smallest absolute Gasteiger partial charge is 0.155 e. The van der Waals surface area contributed by atoms with E-state index in [0.717, 1.165) is 12.8 Å². The van der Waals surface area contributed by atoms with Gasteiger partial charge in [0.15, 0.2) is 5.78 Å². The van der Waals surface area contributed by atoms with Gasteiger partial charge < -0.3 is 0 Å². The Balaban J connectivity index is 3.64. The lowest BCUT2D eigenvalue weighted by atomic mass is 10.2. The first-order valence-electron chi connectivity index (χ1n) is 4.80. The van der Waals surface area contributed by atoms with Crippen molar-refractivity contribution in [2.45, 2.75) is 33.1 Å². The number of hydrogen-bond donors (Lipinski definition) is 0. The van der Waals surface area contributed by atoms with Crippen LogP contribution in [0.1, 0.15) is 33.1 Å². The Morgan fingerprint density at radius 3 is 2.46 bits per heavy atom. The Labute approximate surface area is 80.8 Å². The molecular weight excluding hydrogens is 160 g/mol. The fourth-order valence-electron chi connectivity index (χ4n) is 0.837. The molecule has 0 heterocycles. The predicted octanol–water partition coefficient (Wildman–Crippen LogP) is 3.43. The molecule has 0 aliphatic rings. The van der Waals surface area contributed by atoms with Crippen LogP contribution in [-0.4, -0.2) is 5.78 Å². The van der Waals surface area contributed by atoms with Crippen molar-refractivity contribution in [3.05, 3.63) is 36.5 Å². The molecule has 0 aromatic carbocycles. The molecule has 0 radical (unpaired) electrons. The molecule has 0 rings (SSSR count). The van der Waals surface area contributed by atoms with E-state index in [0.29, 0.717) is 6.42 Å². The van der Waals surface area contributed by atoms with E-state index in [1.165, 1.54) is 0 Å². The van der Waals surface area contributed by atoms with Crippen LogP contribution in [0.5, 0.6) is 0 Å². The molecule has 0 unspecified atom stereocenters. The van der Waals surface area contributed by atoms with E-state index in [4.69, 9.17) is 0 Å². The summed E-state index contributed by atoms with van der Waals surface area (Å²) in [6, 6.07) is 0. The third-order valence-electron chi connectivity index (χ3n) is 1.58. The third kappa shape index (κ3) is 8.80. The van der Waals surface area contributed by atoms with Gasteiger partial charge in [-0.15, -0.1) is 0 Å². The van der Waals surface area contributed by atoms with Gasteiger partial charge >= 0.3 is 0 Å². The lowest BCUT2D eigenvalue weighted by Crippen LogP contribution is -1.90. The third-order valence-corrected chi connectivity index (χ3v) is 1.58. The summed E-state index contributed by atoms with van der Waals surface area (Å²) in [7, 11) is 0. The normalized spacial score (nSPS) is 12.2. The van der Waals surface area contributed by atoms with Gasteiger partial charge in [-0.05, 0) is 19.4 Å². The van der Waals surface area contributed by atoms with Crippen LogP contribution in [0.3, 0.4) is 0 Å². The lowest BCUT2D eigenvalue weighted by molar-refractivity contribution is -0.114. The van der Waals surface area contributed by atoms with E-state index in [2.05, 4.69) is 6.92 Å². The molecule has 0 saturated carbocycles. The second-order valence-corrected chi connectivity index (χ2v) is 2.84. The summed E-state index contributed by atoms with van der Waals surface area (Å²) >= 11 is 0. The Morgan fingerprint density at radius 2 is 1.85 bits per heavy atom. The zero-order valence-electron chi connectivity index (χ0n) is 8.49. The minimum Gasteiger partial charge on any atom is -0.295 e. The number of rotatable bonds is 6. The highest BCUT2D eigenvalue weighted by molar-refractivity contribution is 5.89. The van der Waals surface area contributed by atoms with Gasteiger partial charge in [0, 0.05) is 6.42 Å². The minimum absolute atomic E-state index is 0.215. The number of ketones is 1. The molecule has 0 saturated heterocycles. The molecule has 0 aromatic rings. The molecule has 0 amide bonds. The molecule has 0 aliphatic carbocycles. The van der Waals surface area contributed by atoms with Gasteiger partial charge in [0.25, 0.3) is 0 Å². The van der Waals surface area contributed by atoms with Gasteiger partial charge in [-0.3, -0.25) is 4.79 Å². The van der Waals surface area contributed by atoms with E-state index in [-0.39, 0.29) is 5.78 Å². The summed E-state index contributed by atoms with van der Waals surface area (Å²) in [6.07, 6.45) is 13.8. The summed E-state index contributed by atoms with van der Waals surface area (Å²) in [5.74, 6) is 0.215. The number of carbonyl (C=O) groups excluding carboxylic acids is 1. The van der Waals surface area contributed by atoms with E-state index >= 15 is 0 Å². The zero-order chi connectivity index (χ0) is 9.94. The molecule has 0 N–H and O–H groups in total. The largest absolute Gasteiger partial charge is 0.295 e. The van der Waals surface area contributed by atoms with Crippen molar-refractivity contribution in [1.82, 2.24) is 0 Å². The molecule has 1 nitrogen and oxygen atoms in total. The molecule has 1 heteroatoms. The van der Waals surface area contributed by atoms with Crippen molar-refractivity contribution < 1.29 is 4.79 Å². The van der Waals surface area contributed by atoms with Crippen LogP contribution in [-0.2, 0) is 4.79 Å². The first kappa shape index (κ1) is 11.9. The topological polar surface area (TPSA) is 17.1 Å². The highest BCUT2D eigenvalue weighted by Crippen LogP contribution is 1.96. The molecule has 0 aliphatic heterocycles. The van der Waals surface area contributed by atoms with Gasteiger partial charge in [0.1, 0.15) is 0 Å². The number of unbranched alkanes of at least 4 members (excludes halogenated alkanes) is 1.